The van der Waals surface area contributed by atoms with Crippen molar-refractivity contribution in [3.63, 3.8) is 0 Å². The Bertz CT molecular complexity index is 633. The number of nitrogens with one attached hydrogen (secondary N) is 1. The van der Waals surface area contributed by atoms with Crippen LogP contribution in [-0.2, 0) is 4.79 Å². The lowest BCUT2D eigenvalue weighted by atomic mass is 10.0. The number of aliphatic hydroxyl groups is 2. The SMILES string of the molecule is CC(=O)NCC(O)C(O)c1ccnc2cc(Cl)ccc12. The minimum Gasteiger partial charge on any atom is -0.388 e. The molecule has 2 rings (SSSR count). The number of benzene rings is 1. The Labute approximate surface area is 121 Å². The lowest BCUT2D eigenvalue weighted by Gasteiger charge is -2.19. The van der Waals surface area contributed by atoms with Crippen LogP contribution in [0.25, 0.3) is 10.9 Å². The number of carbonyl (C=O) groups excluding carboxylic acids is 1. The maximum Gasteiger partial charge on any atom is 0.216 e. The zero-order chi connectivity index (χ0) is 14.7. The van der Waals surface area contributed by atoms with Crippen molar-refractivity contribution < 1.29 is 15.0 Å². The second-order valence-corrected chi connectivity index (χ2v) is 4.95. The summed E-state index contributed by atoms with van der Waals surface area (Å²) in [4.78, 5) is 15.0. The zero-order valence-corrected chi connectivity index (χ0v) is 11.6. The van der Waals surface area contributed by atoms with Crippen LogP contribution in [0.1, 0.15) is 18.6 Å². The van der Waals surface area contributed by atoms with Crippen molar-refractivity contribution in [1.29, 1.82) is 0 Å². The topological polar surface area (TPSA) is 82.5 Å². The van der Waals surface area contributed by atoms with Gasteiger partial charge in [-0.1, -0.05) is 17.7 Å². The van der Waals surface area contributed by atoms with Crippen LogP contribution >= 0.6 is 11.6 Å². The summed E-state index contributed by atoms with van der Waals surface area (Å²) in [5.74, 6) is -0.261. The van der Waals surface area contributed by atoms with Crippen molar-refractivity contribution >= 4 is 28.4 Å². The van der Waals surface area contributed by atoms with Crippen LogP contribution in [0.5, 0.6) is 0 Å². The smallest absolute Gasteiger partial charge is 0.216 e. The standard InChI is InChI=1S/C14H15ClN2O3/c1-8(18)17-7-13(19)14(20)11-4-5-16-12-6-9(15)2-3-10(11)12/h2-6,13-14,19-20H,7H2,1H3,(H,17,18). The number of hydrogen-bond donors (Lipinski definition) is 3. The van der Waals surface area contributed by atoms with Crippen LogP contribution < -0.4 is 5.32 Å². The molecular formula is C14H15ClN2O3. The van der Waals surface area contributed by atoms with E-state index in [4.69, 9.17) is 11.6 Å². The summed E-state index contributed by atoms with van der Waals surface area (Å²) in [7, 11) is 0. The fourth-order valence-corrected chi connectivity index (χ4v) is 2.13. The van der Waals surface area contributed by atoms with Gasteiger partial charge in [-0.3, -0.25) is 9.78 Å². The predicted octanol–water partition coefficient (Wildman–Crippen LogP) is 1.42. The van der Waals surface area contributed by atoms with E-state index in [2.05, 4.69) is 10.3 Å². The number of carbonyl (C=O) groups is 1. The molecule has 0 bridgehead atoms. The zero-order valence-electron chi connectivity index (χ0n) is 10.9. The average Bonchev–Trinajstić information content (AvgIpc) is 2.42. The average molecular weight is 295 g/mol. The van der Waals surface area contributed by atoms with Gasteiger partial charge in [0.2, 0.25) is 5.91 Å². The monoisotopic (exact) mass is 294 g/mol. The molecule has 1 amide bonds. The number of rotatable bonds is 4. The summed E-state index contributed by atoms with van der Waals surface area (Å²) < 4.78 is 0. The molecule has 2 atom stereocenters. The maximum absolute atomic E-state index is 10.8. The van der Waals surface area contributed by atoms with Gasteiger partial charge in [0.25, 0.3) is 0 Å². The Morgan fingerprint density at radius 1 is 1.40 bits per heavy atom. The van der Waals surface area contributed by atoms with Gasteiger partial charge in [0.1, 0.15) is 12.2 Å². The van der Waals surface area contributed by atoms with Gasteiger partial charge in [-0.15, -0.1) is 0 Å². The van der Waals surface area contributed by atoms with Gasteiger partial charge in [-0.05, 0) is 23.8 Å². The third-order valence-corrected chi connectivity index (χ3v) is 3.22. The lowest BCUT2D eigenvalue weighted by molar-refractivity contribution is -0.119. The van der Waals surface area contributed by atoms with Crippen LogP contribution in [0, 0.1) is 0 Å². The van der Waals surface area contributed by atoms with Crippen molar-refractivity contribution in [2.24, 2.45) is 0 Å². The van der Waals surface area contributed by atoms with E-state index in [9.17, 15) is 15.0 Å². The summed E-state index contributed by atoms with van der Waals surface area (Å²) >= 11 is 5.90. The first kappa shape index (κ1) is 14.7. The fraction of sp³-hybridized carbons (Fsp3) is 0.286. The van der Waals surface area contributed by atoms with E-state index in [1.807, 2.05) is 0 Å². The summed E-state index contributed by atoms with van der Waals surface area (Å²) in [5.41, 5.74) is 1.19. The number of aromatic nitrogens is 1. The van der Waals surface area contributed by atoms with E-state index < -0.39 is 12.2 Å². The highest BCUT2D eigenvalue weighted by Crippen LogP contribution is 2.26. The van der Waals surface area contributed by atoms with E-state index >= 15 is 0 Å². The molecule has 20 heavy (non-hydrogen) atoms. The molecule has 0 spiro atoms. The number of hydrogen-bond acceptors (Lipinski definition) is 4. The summed E-state index contributed by atoms with van der Waals surface area (Å²) in [6.07, 6.45) is -0.670. The Kier molecular flexibility index (Phi) is 4.54. The van der Waals surface area contributed by atoms with Crippen LogP contribution in [-0.4, -0.2) is 33.8 Å². The first-order valence-corrected chi connectivity index (χ1v) is 6.51. The Balaban J connectivity index is 2.29. The molecule has 0 radical (unpaired) electrons. The molecule has 5 nitrogen and oxygen atoms in total. The van der Waals surface area contributed by atoms with E-state index in [-0.39, 0.29) is 12.5 Å². The van der Waals surface area contributed by atoms with Gasteiger partial charge in [0.05, 0.1) is 5.52 Å². The summed E-state index contributed by atoms with van der Waals surface area (Å²) in [5, 5.41) is 23.9. The molecule has 0 aliphatic heterocycles. The number of nitrogens with zero attached hydrogens (tertiary/aromatic N) is 1. The minimum atomic E-state index is -1.12. The van der Waals surface area contributed by atoms with E-state index in [1.54, 1.807) is 30.5 Å². The summed E-state index contributed by atoms with van der Waals surface area (Å²) in [6, 6.07) is 6.77. The Morgan fingerprint density at radius 2 is 2.15 bits per heavy atom. The molecule has 0 aliphatic rings. The highest BCUT2D eigenvalue weighted by atomic mass is 35.5. The van der Waals surface area contributed by atoms with Gasteiger partial charge in [-0.2, -0.15) is 0 Å². The molecule has 106 valence electrons. The molecule has 0 saturated carbocycles. The van der Waals surface area contributed by atoms with Gasteiger partial charge in [0.15, 0.2) is 0 Å². The molecule has 1 aromatic heterocycles. The van der Waals surface area contributed by atoms with Gasteiger partial charge >= 0.3 is 0 Å². The molecule has 3 N–H and O–H groups in total. The Hall–Kier alpha value is -1.69. The van der Waals surface area contributed by atoms with E-state index in [0.29, 0.717) is 21.5 Å². The van der Waals surface area contributed by atoms with Crippen LogP contribution in [0.4, 0.5) is 0 Å². The molecule has 2 unspecified atom stereocenters. The van der Waals surface area contributed by atoms with Crippen molar-refractivity contribution in [3.05, 3.63) is 41.0 Å². The molecule has 0 saturated heterocycles. The fourth-order valence-electron chi connectivity index (χ4n) is 1.97. The Morgan fingerprint density at radius 3 is 2.85 bits per heavy atom. The van der Waals surface area contributed by atoms with Gasteiger partial charge < -0.3 is 15.5 Å². The van der Waals surface area contributed by atoms with E-state index in [0.717, 1.165) is 0 Å². The molecule has 2 aromatic rings. The second kappa shape index (κ2) is 6.17. The van der Waals surface area contributed by atoms with Gasteiger partial charge in [0, 0.05) is 30.1 Å². The number of aliphatic hydroxyl groups excluding tert-OH is 2. The largest absolute Gasteiger partial charge is 0.388 e. The third kappa shape index (κ3) is 3.25. The predicted molar refractivity (Wildman–Crippen MR) is 76.4 cm³/mol. The van der Waals surface area contributed by atoms with Crippen LogP contribution in [0.3, 0.4) is 0 Å². The summed E-state index contributed by atoms with van der Waals surface area (Å²) in [6.45, 7) is 1.33. The first-order valence-electron chi connectivity index (χ1n) is 6.14. The highest BCUT2D eigenvalue weighted by Gasteiger charge is 2.20. The van der Waals surface area contributed by atoms with Crippen molar-refractivity contribution in [2.75, 3.05) is 6.54 Å². The minimum absolute atomic E-state index is 0.0199. The van der Waals surface area contributed by atoms with Crippen LogP contribution in [0.15, 0.2) is 30.5 Å². The molecular weight excluding hydrogens is 280 g/mol. The van der Waals surface area contributed by atoms with Crippen molar-refractivity contribution in [3.8, 4) is 0 Å². The second-order valence-electron chi connectivity index (χ2n) is 4.51. The number of halogens is 1. The van der Waals surface area contributed by atoms with E-state index in [1.165, 1.54) is 6.92 Å². The number of fused-ring (bicyclic) bond motifs is 1. The third-order valence-electron chi connectivity index (χ3n) is 2.98. The van der Waals surface area contributed by atoms with Crippen molar-refractivity contribution in [2.45, 2.75) is 19.1 Å². The molecule has 0 aliphatic carbocycles. The van der Waals surface area contributed by atoms with Gasteiger partial charge in [-0.25, -0.2) is 0 Å². The molecule has 1 aromatic carbocycles. The first-order chi connectivity index (χ1) is 9.49. The maximum atomic E-state index is 10.8. The highest BCUT2D eigenvalue weighted by molar-refractivity contribution is 6.31. The van der Waals surface area contributed by atoms with Crippen LogP contribution in [0.2, 0.25) is 5.02 Å². The van der Waals surface area contributed by atoms with Crippen molar-refractivity contribution in [1.82, 2.24) is 10.3 Å². The quantitative estimate of drug-likeness (QED) is 0.796. The molecule has 1 heterocycles. The number of pyridine rings is 1. The number of amides is 1. The molecule has 6 heteroatoms. The lowest BCUT2D eigenvalue weighted by Crippen LogP contribution is -2.34. The molecule has 0 fully saturated rings. The normalized spacial score (nSPS) is 14.0.